The van der Waals surface area contributed by atoms with Crippen LogP contribution in [0.3, 0.4) is 0 Å². The molecule has 0 radical (unpaired) electrons. The molecule has 1 amide bonds. The van der Waals surface area contributed by atoms with E-state index in [9.17, 15) is 13.2 Å². The van der Waals surface area contributed by atoms with Crippen LogP contribution in [0, 0.1) is 5.92 Å². The molecule has 0 fully saturated rings. The smallest absolute Gasteiger partial charge is 0.244 e. The lowest BCUT2D eigenvalue weighted by molar-refractivity contribution is -0.117. The van der Waals surface area contributed by atoms with Crippen LogP contribution < -0.4 is 5.32 Å². The minimum Gasteiger partial charge on any atom is -0.350 e. The summed E-state index contributed by atoms with van der Waals surface area (Å²) in [6.07, 6.45) is 4.06. The third kappa shape index (κ3) is 5.97. The monoisotopic (exact) mass is 366 g/mol. The molecular formula is C19H30N2O3S. The molecule has 5 nitrogen and oxygen atoms in total. The number of benzene rings is 1. The third-order valence-electron chi connectivity index (χ3n) is 4.22. The molecule has 0 aromatic heterocycles. The van der Waals surface area contributed by atoms with Crippen LogP contribution in [0.4, 0.5) is 0 Å². The molecule has 0 spiro atoms. The largest absolute Gasteiger partial charge is 0.350 e. The predicted octanol–water partition coefficient (Wildman–Crippen LogP) is 3.28. The number of sulfonamides is 1. The van der Waals surface area contributed by atoms with Crippen LogP contribution in [0.2, 0.25) is 0 Å². The lowest BCUT2D eigenvalue weighted by atomic mass is 10.0. The first-order valence-electron chi connectivity index (χ1n) is 8.84. The van der Waals surface area contributed by atoms with Crippen molar-refractivity contribution in [1.82, 2.24) is 9.62 Å². The fourth-order valence-electron chi connectivity index (χ4n) is 2.61. The predicted molar refractivity (Wildman–Crippen MR) is 103 cm³/mol. The van der Waals surface area contributed by atoms with E-state index in [1.165, 1.54) is 10.4 Å². The third-order valence-corrected chi connectivity index (χ3v) is 6.29. The highest BCUT2D eigenvalue weighted by Crippen LogP contribution is 2.16. The maximum absolute atomic E-state index is 12.4. The number of nitrogens with one attached hydrogen (secondary N) is 1. The standard InChI is InChI=1S/C19H30N2O3S/c1-6-18(15(4)5)20-19(22)14-11-16-9-12-17(13-10-16)25(23,24)21(7-2)8-3/h9-15,18H,6-8H2,1-5H3,(H,20,22)/b14-11-/t18-/m0/s1. The second-order valence-corrected chi connectivity index (χ2v) is 8.20. The molecule has 0 heterocycles. The fraction of sp³-hybridized carbons (Fsp3) is 0.526. The van der Waals surface area contributed by atoms with Crippen molar-refractivity contribution < 1.29 is 13.2 Å². The van der Waals surface area contributed by atoms with Gasteiger partial charge in [-0.2, -0.15) is 4.31 Å². The van der Waals surface area contributed by atoms with E-state index in [2.05, 4.69) is 19.2 Å². The van der Waals surface area contributed by atoms with E-state index in [0.717, 1.165) is 12.0 Å². The summed E-state index contributed by atoms with van der Waals surface area (Å²) in [4.78, 5) is 12.3. The van der Waals surface area contributed by atoms with Gasteiger partial charge < -0.3 is 5.32 Å². The summed E-state index contributed by atoms with van der Waals surface area (Å²) in [6, 6.07) is 6.72. The Labute approximate surface area is 152 Å². The number of amides is 1. The van der Waals surface area contributed by atoms with Gasteiger partial charge in [-0.15, -0.1) is 0 Å². The van der Waals surface area contributed by atoms with Crippen molar-refractivity contribution in [3.05, 3.63) is 35.9 Å². The van der Waals surface area contributed by atoms with Crippen LogP contribution in [0.25, 0.3) is 6.08 Å². The van der Waals surface area contributed by atoms with E-state index in [-0.39, 0.29) is 16.8 Å². The van der Waals surface area contributed by atoms with Crippen LogP contribution >= 0.6 is 0 Å². The molecule has 1 aromatic carbocycles. The quantitative estimate of drug-likeness (QED) is 0.682. The summed E-state index contributed by atoms with van der Waals surface area (Å²) in [5.74, 6) is 0.243. The highest BCUT2D eigenvalue weighted by molar-refractivity contribution is 7.89. The summed E-state index contributed by atoms with van der Waals surface area (Å²) < 4.78 is 26.3. The van der Waals surface area contributed by atoms with Crippen molar-refractivity contribution in [2.24, 2.45) is 5.92 Å². The first-order chi connectivity index (χ1) is 11.8. The number of carbonyl (C=O) groups is 1. The van der Waals surface area contributed by atoms with Crippen molar-refractivity contribution in [1.29, 1.82) is 0 Å². The highest BCUT2D eigenvalue weighted by atomic mass is 32.2. The van der Waals surface area contributed by atoms with Crippen molar-refractivity contribution in [2.75, 3.05) is 13.1 Å². The SMILES string of the molecule is CC[C@H](NC(=O)/C=C\c1ccc(S(=O)(=O)N(CC)CC)cc1)C(C)C. The van der Waals surface area contributed by atoms with Crippen LogP contribution in [-0.4, -0.2) is 37.8 Å². The Bertz CT molecular complexity index is 675. The number of hydrogen-bond donors (Lipinski definition) is 1. The van der Waals surface area contributed by atoms with E-state index in [4.69, 9.17) is 0 Å². The van der Waals surface area contributed by atoms with Crippen molar-refractivity contribution in [3.63, 3.8) is 0 Å². The summed E-state index contributed by atoms with van der Waals surface area (Å²) in [7, 11) is -3.45. The maximum atomic E-state index is 12.4. The van der Waals surface area contributed by atoms with Gasteiger partial charge in [0.15, 0.2) is 0 Å². The normalized spacial score (nSPS) is 13.6. The zero-order valence-electron chi connectivity index (χ0n) is 15.8. The van der Waals surface area contributed by atoms with E-state index in [1.807, 2.05) is 20.8 Å². The van der Waals surface area contributed by atoms with Gasteiger partial charge in [0, 0.05) is 25.2 Å². The van der Waals surface area contributed by atoms with Crippen molar-refractivity contribution in [2.45, 2.75) is 52.0 Å². The second-order valence-electron chi connectivity index (χ2n) is 6.26. The maximum Gasteiger partial charge on any atom is 0.244 e. The topological polar surface area (TPSA) is 66.5 Å². The first kappa shape index (κ1) is 21.4. The molecular weight excluding hydrogens is 336 g/mol. The Kier molecular flexibility index (Phi) is 8.32. The van der Waals surface area contributed by atoms with Crippen molar-refractivity contribution in [3.8, 4) is 0 Å². The Morgan fingerprint density at radius 2 is 1.68 bits per heavy atom. The van der Waals surface area contributed by atoms with E-state index >= 15 is 0 Å². The van der Waals surface area contributed by atoms with Crippen LogP contribution in [0.1, 0.15) is 46.6 Å². The van der Waals surface area contributed by atoms with E-state index < -0.39 is 10.0 Å². The molecule has 0 bridgehead atoms. The number of hydrogen-bond acceptors (Lipinski definition) is 3. The zero-order valence-corrected chi connectivity index (χ0v) is 16.6. The highest BCUT2D eigenvalue weighted by Gasteiger charge is 2.20. The zero-order chi connectivity index (χ0) is 19.0. The average Bonchev–Trinajstić information content (AvgIpc) is 2.58. The lowest BCUT2D eigenvalue weighted by Gasteiger charge is -2.19. The number of carbonyl (C=O) groups excluding carboxylic acids is 1. The fourth-order valence-corrected chi connectivity index (χ4v) is 4.06. The second kappa shape index (κ2) is 9.73. The van der Waals surface area contributed by atoms with Gasteiger partial charge in [-0.1, -0.05) is 46.8 Å². The van der Waals surface area contributed by atoms with Gasteiger partial charge in [0.25, 0.3) is 0 Å². The molecule has 1 N–H and O–H groups in total. The molecule has 0 aliphatic heterocycles. The van der Waals surface area contributed by atoms with Crippen LogP contribution in [0.15, 0.2) is 35.2 Å². The van der Waals surface area contributed by atoms with Gasteiger partial charge in [0.05, 0.1) is 4.90 Å². The molecule has 0 aliphatic rings. The Morgan fingerprint density at radius 3 is 2.12 bits per heavy atom. The molecule has 0 unspecified atom stereocenters. The number of rotatable bonds is 9. The van der Waals surface area contributed by atoms with Crippen LogP contribution in [0.5, 0.6) is 0 Å². The summed E-state index contributed by atoms with van der Waals surface area (Å²) in [5.41, 5.74) is 0.784. The first-order valence-corrected chi connectivity index (χ1v) is 10.3. The van der Waals surface area contributed by atoms with Gasteiger partial charge in [-0.25, -0.2) is 8.42 Å². The van der Waals surface area contributed by atoms with Gasteiger partial charge in [0.2, 0.25) is 15.9 Å². The minimum atomic E-state index is -3.45. The summed E-state index contributed by atoms with van der Waals surface area (Å²) in [6.45, 7) is 10.7. The summed E-state index contributed by atoms with van der Waals surface area (Å²) in [5, 5.41) is 2.97. The van der Waals surface area contributed by atoms with Crippen molar-refractivity contribution >= 4 is 22.0 Å². The molecule has 1 rings (SSSR count). The average molecular weight is 367 g/mol. The molecule has 1 aromatic rings. The minimum absolute atomic E-state index is 0.139. The van der Waals surface area contributed by atoms with E-state index in [0.29, 0.717) is 19.0 Å². The molecule has 0 aliphatic carbocycles. The molecule has 140 valence electrons. The van der Waals surface area contributed by atoms with Gasteiger partial charge in [-0.3, -0.25) is 4.79 Å². The van der Waals surface area contributed by atoms with E-state index in [1.54, 1.807) is 30.3 Å². The molecule has 0 saturated heterocycles. The van der Waals surface area contributed by atoms with Gasteiger partial charge in [-0.05, 0) is 36.1 Å². The molecule has 1 atom stereocenters. The molecule has 25 heavy (non-hydrogen) atoms. The van der Waals surface area contributed by atoms with Gasteiger partial charge in [0.1, 0.15) is 0 Å². The number of nitrogens with zero attached hydrogens (tertiary/aromatic N) is 1. The van der Waals surface area contributed by atoms with Gasteiger partial charge >= 0.3 is 0 Å². The molecule has 6 heteroatoms. The summed E-state index contributed by atoms with van der Waals surface area (Å²) >= 11 is 0. The Balaban J connectivity index is 2.82. The molecule has 0 saturated carbocycles. The lowest BCUT2D eigenvalue weighted by Crippen LogP contribution is -2.36. The Morgan fingerprint density at radius 1 is 1.12 bits per heavy atom. The Hall–Kier alpha value is -1.66. The van der Waals surface area contributed by atoms with Crippen LogP contribution in [-0.2, 0) is 14.8 Å².